The van der Waals surface area contributed by atoms with Gasteiger partial charge in [0.2, 0.25) is 5.92 Å². The zero-order chi connectivity index (χ0) is 22.2. The van der Waals surface area contributed by atoms with Gasteiger partial charge >= 0.3 is 0 Å². The van der Waals surface area contributed by atoms with Crippen LogP contribution in [0.2, 0.25) is 0 Å². The lowest BCUT2D eigenvalue weighted by Gasteiger charge is -2.25. The van der Waals surface area contributed by atoms with E-state index in [1.807, 2.05) is 62.3 Å². The van der Waals surface area contributed by atoms with E-state index in [4.69, 9.17) is 0 Å². The van der Waals surface area contributed by atoms with Gasteiger partial charge in [-0.1, -0.05) is 69.7 Å². The molecule has 27 heavy (non-hydrogen) atoms. The maximum Gasteiger partial charge on any atom is 0.245 e. The Hall–Kier alpha value is -0.280. The van der Waals surface area contributed by atoms with Gasteiger partial charge in [-0.3, -0.25) is 0 Å². The molecule has 0 heterocycles. The van der Waals surface area contributed by atoms with Crippen molar-refractivity contribution in [2.45, 2.75) is 134 Å². The lowest BCUT2D eigenvalue weighted by Crippen LogP contribution is -2.21. The Balaban J connectivity index is -0.000000145. The van der Waals surface area contributed by atoms with E-state index in [0.717, 1.165) is 6.92 Å². The summed E-state index contributed by atoms with van der Waals surface area (Å²) in [5.74, 6) is -2.52. The molecule has 0 aromatic heterocycles. The molecular formula is C23H50F4. The van der Waals surface area contributed by atoms with Crippen LogP contribution in [0.3, 0.4) is 0 Å². The normalized spacial score (nSPS) is 14.1. The van der Waals surface area contributed by atoms with Crippen molar-refractivity contribution in [1.29, 1.82) is 0 Å². The Bertz CT molecular complexity index is 289. The Labute approximate surface area is 168 Å². The zero-order valence-electron chi connectivity index (χ0n) is 19.7. The molecule has 0 N–H and O–H groups in total. The van der Waals surface area contributed by atoms with Crippen molar-refractivity contribution >= 4 is 0 Å². The second kappa shape index (κ2) is 12.3. The molecule has 0 saturated carbocycles. The van der Waals surface area contributed by atoms with Gasteiger partial charge in [0.1, 0.15) is 5.67 Å². The van der Waals surface area contributed by atoms with Crippen LogP contribution in [0.25, 0.3) is 0 Å². The van der Waals surface area contributed by atoms with Crippen LogP contribution in [0.1, 0.15) is 117 Å². The van der Waals surface area contributed by atoms with Crippen LogP contribution < -0.4 is 0 Å². The van der Waals surface area contributed by atoms with Gasteiger partial charge in [0, 0.05) is 6.42 Å². The molecule has 0 saturated heterocycles. The molecule has 4 heteroatoms. The Morgan fingerprint density at radius 3 is 0.889 bits per heavy atom. The van der Waals surface area contributed by atoms with Crippen molar-refractivity contribution in [3.63, 3.8) is 0 Å². The molecule has 0 bridgehead atoms. The smallest absolute Gasteiger partial charge is 0.245 e. The highest BCUT2D eigenvalue weighted by Crippen LogP contribution is 2.30. The molecule has 0 aliphatic carbocycles. The molecule has 0 aromatic rings. The highest BCUT2D eigenvalue weighted by molar-refractivity contribution is 4.74. The molecule has 0 spiro atoms. The van der Waals surface area contributed by atoms with Crippen molar-refractivity contribution < 1.29 is 17.6 Å². The van der Waals surface area contributed by atoms with E-state index in [-0.39, 0.29) is 30.1 Å². The Morgan fingerprint density at radius 1 is 0.593 bits per heavy atom. The van der Waals surface area contributed by atoms with Gasteiger partial charge in [-0.05, 0) is 56.8 Å². The second-order valence-corrected chi connectivity index (χ2v) is 11.8. The third kappa shape index (κ3) is 51.8. The maximum atomic E-state index is 12.9. The Kier molecular flexibility index (Phi) is 15.6. The number of hydrogen-bond donors (Lipinski definition) is 0. The first kappa shape index (κ1) is 34.2. The molecule has 0 aliphatic rings. The van der Waals surface area contributed by atoms with Gasteiger partial charge < -0.3 is 0 Å². The van der Waals surface area contributed by atoms with E-state index in [1.54, 1.807) is 20.8 Å². The average Bonchev–Trinajstić information content (AvgIpc) is 1.99. The van der Waals surface area contributed by atoms with E-state index >= 15 is 0 Å². The summed E-state index contributed by atoms with van der Waals surface area (Å²) < 4.78 is 49.5. The van der Waals surface area contributed by atoms with Crippen LogP contribution in [0.15, 0.2) is 0 Å². The topological polar surface area (TPSA) is 0 Å². The van der Waals surface area contributed by atoms with Crippen molar-refractivity contribution in [2.24, 2.45) is 16.2 Å². The van der Waals surface area contributed by atoms with Gasteiger partial charge in [-0.25, -0.2) is 17.6 Å². The molecule has 0 aliphatic heterocycles. The van der Waals surface area contributed by atoms with Crippen LogP contribution in [0.4, 0.5) is 17.6 Å². The summed E-state index contributed by atoms with van der Waals surface area (Å²) in [6, 6.07) is 0. The van der Waals surface area contributed by atoms with Crippen molar-refractivity contribution in [3.05, 3.63) is 0 Å². The summed E-state index contributed by atoms with van der Waals surface area (Å²) >= 11 is 0. The first-order chi connectivity index (χ1) is 10.8. The third-order valence-corrected chi connectivity index (χ3v) is 2.69. The summed E-state index contributed by atoms with van der Waals surface area (Å²) in [5, 5.41) is 0. The highest BCUT2D eigenvalue weighted by atomic mass is 19.3. The molecule has 0 aromatic carbocycles. The van der Waals surface area contributed by atoms with Gasteiger partial charge in [-0.2, -0.15) is 0 Å². The average molecular weight is 403 g/mol. The molecule has 1 atom stereocenters. The lowest BCUT2D eigenvalue weighted by atomic mass is 9.85. The summed E-state index contributed by atoms with van der Waals surface area (Å²) in [6.07, 6.45) is 0.586. The Morgan fingerprint density at radius 2 is 0.889 bits per heavy atom. The number of rotatable bonds is 3. The van der Waals surface area contributed by atoms with Crippen LogP contribution in [-0.4, -0.2) is 17.8 Å². The molecule has 0 fully saturated rings. The quantitative estimate of drug-likeness (QED) is 0.412. The summed E-state index contributed by atoms with van der Waals surface area (Å²) in [5.41, 5.74) is -1.02. The lowest BCUT2D eigenvalue weighted by molar-refractivity contribution is -0.0168. The van der Waals surface area contributed by atoms with Crippen molar-refractivity contribution in [1.82, 2.24) is 0 Å². The van der Waals surface area contributed by atoms with Gasteiger partial charge in [0.25, 0.3) is 0 Å². The van der Waals surface area contributed by atoms with E-state index in [0.29, 0.717) is 12.8 Å². The molecule has 170 valence electrons. The maximum absolute atomic E-state index is 12.9. The van der Waals surface area contributed by atoms with Crippen molar-refractivity contribution in [2.75, 3.05) is 0 Å². The van der Waals surface area contributed by atoms with E-state index in [9.17, 15) is 17.6 Å². The highest BCUT2D eigenvalue weighted by Gasteiger charge is 2.28. The SMILES string of the molecule is C.CC(C)(C)CC(C)(C)F.CC(C)(C)CC(C)(F)F.CC(F)CC(C)(C)C. The molecule has 1 unspecified atom stereocenters. The first-order valence-corrected chi connectivity index (χ1v) is 9.54. The van der Waals surface area contributed by atoms with E-state index in [2.05, 4.69) is 0 Å². The standard InChI is InChI=1S/C8H17F.C7H14F2.C7H15F.CH4/c1-7(2,3)6-8(4,5)9;1-6(2,3)5-7(4,8)9;1-6(8)5-7(2,3)4;/h6H2,1-5H3;5H2,1-4H3;6H,5H2,1-4H3;1H4. The summed E-state index contributed by atoms with van der Waals surface area (Å²) in [4.78, 5) is 0. The second-order valence-electron chi connectivity index (χ2n) is 11.8. The monoisotopic (exact) mass is 402 g/mol. The first-order valence-electron chi connectivity index (χ1n) is 9.54. The molecular weight excluding hydrogens is 352 g/mol. The number of halogens is 4. The minimum Gasteiger partial charge on any atom is -0.248 e. The summed E-state index contributed by atoms with van der Waals surface area (Å²) in [6.45, 7) is 23.5. The number of hydrogen-bond acceptors (Lipinski definition) is 0. The van der Waals surface area contributed by atoms with Crippen molar-refractivity contribution in [3.8, 4) is 0 Å². The van der Waals surface area contributed by atoms with E-state index < -0.39 is 17.8 Å². The largest absolute Gasteiger partial charge is 0.248 e. The number of alkyl halides is 4. The fourth-order valence-electron chi connectivity index (χ4n) is 3.04. The molecule has 0 nitrogen and oxygen atoms in total. The van der Waals surface area contributed by atoms with Gasteiger partial charge in [0.15, 0.2) is 0 Å². The van der Waals surface area contributed by atoms with Crippen LogP contribution in [-0.2, 0) is 0 Å². The predicted octanol–water partition coefficient (Wildman–Crippen LogP) is 9.67. The van der Waals surface area contributed by atoms with Crippen LogP contribution in [0.5, 0.6) is 0 Å². The fraction of sp³-hybridized carbons (Fsp3) is 1.00. The third-order valence-electron chi connectivity index (χ3n) is 2.69. The molecule has 0 amide bonds. The predicted molar refractivity (Wildman–Crippen MR) is 115 cm³/mol. The minimum atomic E-state index is -2.52. The van der Waals surface area contributed by atoms with Crippen LogP contribution in [0, 0.1) is 16.2 Å². The van der Waals surface area contributed by atoms with Gasteiger partial charge in [-0.15, -0.1) is 0 Å². The van der Waals surface area contributed by atoms with E-state index in [1.165, 1.54) is 0 Å². The summed E-state index contributed by atoms with van der Waals surface area (Å²) in [7, 11) is 0. The van der Waals surface area contributed by atoms with Crippen LogP contribution >= 0.6 is 0 Å². The molecule has 0 rings (SSSR count). The molecule has 0 radical (unpaired) electrons. The van der Waals surface area contributed by atoms with Gasteiger partial charge in [0.05, 0.1) is 6.17 Å². The fourth-order valence-corrected chi connectivity index (χ4v) is 3.04. The zero-order valence-corrected chi connectivity index (χ0v) is 19.7. The minimum absolute atomic E-state index is 0.